The van der Waals surface area contributed by atoms with E-state index in [4.69, 9.17) is 18.3 Å². The number of hydrogen-bond acceptors (Lipinski definition) is 7. The van der Waals surface area contributed by atoms with Gasteiger partial charge in [-0.1, -0.05) is 73.7 Å². The highest BCUT2D eigenvalue weighted by Gasteiger charge is 2.57. The van der Waals surface area contributed by atoms with Crippen LogP contribution in [0.15, 0.2) is 78.9 Å². The van der Waals surface area contributed by atoms with E-state index in [0.29, 0.717) is 30.9 Å². The molecule has 0 radical (unpaired) electrons. The number of aliphatic hydroxyl groups excluding tert-OH is 1. The third-order valence-electron chi connectivity index (χ3n) is 11.9. The summed E-state index contributed by atoms with van der Waals surface area (Å²) in [6.45, 7) is 1.81. The smallest absolute Gasteiger partial charge is 0.467 e. The number of phosphoric acid groups is 1. The van der Waals surface area contributed by atoms with Crippen molar-refractivity contribution in [1.29, 1.82) is 0 Å². The summed E-state index contributed by atoms with van der Waals surface area (Å²) in [4.78, 5) is 0. The lowest BCUT2D eigenvalue weighted by Gasteiger charge is -2.53. The van der Waals surface area contributed by atoms with Crippen molar-refractivity contribution < 1.29 is 54.1 Å². The topological polar surface area (TPSA) is 91.3 Å². The number of fused-ring (bicyclic) bond motifs is 5. The van der Waals surface area contributed by atoms with E-state index in [2.05, 4.69) is 13.0 Å². The maximum Gasteiger partial charge on any atom is 0.478 e. The molecule has 1 unspecified atom stereocenters. The highest BCUT2D eigenvalue weighted by Crippen LogP contribution is 2.63. The van der Waals surface area contributed by atoms with Crippen molar-refractivity contribution in [2.24, 2.45) is 23.2 Å². The Bertz CT molecular complexity index is 1730. The SMILES string of the molecule is C[C@]12CC[C@@H]3c4ccc(OCOP(=O)(OCc5ccccc5)OCc5ccccc5)cc4C[C@@H](CCCS(=O)CCCC(F)(F)C(F)(F)F)[C@H]3[C@@H]1CC[C@@H]2O. The summed E-state index contributed by atoms with van der Waals surface area (Å²) in [6.07, 6.45) is -2.40. The Labute approximate surface area is 322 Å². The van der Waals surface area contributed by atoms with Crippen LogP contribution in [0.3, 0.4) is 0 Å². The maximum absolute atomic E-state index is 13.7. The van der Waals surface area contributed by atoms with Crippen molar-refractivity contribution in [2.45, 2.75) is 102 Å². The van der Waals surface area contributed by atoms with Crippen LogP contribution in [0.2, 0.25) is 0 Å². The second kappa shape index (κ2) is 17.9. The molecule has 2 saturated carbocycles. The van der Waals surface area contributed by atoms with Gasteiger partial charge in [-0.25, -0.2) is 9.09 Å². The molecule has 0 aliphatic heterocycles. The highest BCUT2D eigenvalue weighted by molar-refractivity contribution is 7.84. The summed E-state index contributed by atoms with van der Waals surface area (Å²) in [5.41, 5.74) is 3.73. The molecular weight excluding hydrogens is 762 g/mol. The van der Waals surface area contributed by atoms with Gasteiger partial charge >= 0.3 is 19.9 Å². The number of ether oxygens (including phenoxy) is 1. The number of rotatable bonds is 18. The van der Waals surface area contributed by atoms with Gasteiger partial charge in [0.25, 0.3) is 0 Å². The Morgan fingerprint density at radius 2 is 1.49 bits per heavy atom. The Morgan fingerprint density at radius 3 is 2.13 bits per heavy atom. The zero-order valence-electron chi connectivity index (χ0n) is 30.9. The average molecular weight is 813 g/mol. The molecule has 1 N–H and O–H groups in total. The third kappa shape index (κ3) is 10.3. The first kappa shape index (κ1) is 41.9. The van der Waals surface area contributed by atoms with Crippen molar-refractivity contribution in [2.75, 3.05) is 18.3 Å². The molecule has 3 aliphatic rings. The lowest BCUT2D eigenvalue weighted by molar-refractivity contribution is -0.284. The lowest BCUT2D eigenvalue weighted by Crippen LogP contribution is -2.47. The van der Waals surface area contributed by atoms with Gasteiger partial charge in [-0.05, 0) is 115 Å². The van der Waals surface area contributed by atoms with E-state index in [9.17, 15) is 35.8 Å². The first-order valence-corrected chi connectivity index (χ1v) is 22.0. The Morgan fingerprint density at radius 1 is 0.855 bits per heavy atom. The van der Waals surface area contributed by atoms with Crippen LogP contribution >= 0.6 is 7.82 Å². The Hall–Kier alpha value is -2.67. The number of phosphoric ester groups is 1. The number of aliphatic hydroxyl groups is 1. The molecule has 0 amide bonds. The van der Waals surface area contributed by atoms with Gasteiger partial charge in [0.15, 0.2) is 6.79 Å². The first-order chi connectivity index (χ1) is 26.2. The molecule has 0 bridgehead atoms. The standard InChI is InChI=1S/C41H50F5O7PS/c1-39-21-19-35-34-16-15-33(50-28-53-54(48,51-26-29-10-4-2-5-11-29)52-27-30-12-6-3-7-13-30)25-32(34)24-31(38(35)36(39)17-18-37(39)47)14-8-22-55(49)23-9-20-40(42,43)41(44,45)46/h2-7,10-13,15-16,25,31,35-38,47H,8-9,14,17-24,26-28H2,1H3/t31-,35-,36+,37+,38-,39+,55?/m1/s1. The average Bonchev–Trinajstić information content (AvgIpc) is 3.47. The number of benzene rings is 3. The minimum absolute atomic E-state index is 0.00828. The monoisotopic (exact) mass is 812 g/mol. The van der Waals surface area contributed by atoms with Gasteiger partial charge in [0, 0.05) is 28.7 Å². The molecule has 7 atom stereocenters. The fourth-order valence-electron chi connectivity index (χ4n) is 9.04. The number of halogens is 5. The van der Waals surface area contributed by atoms with Crippen LogP contribution in [0, 0.1) is 23.2 Å². The molecule has 2 fully saturated rings. The van der Waals surface area contributed by atoms with Crippen LogP contribution in [-0.4, -0.2) is 45.8 Å². The molecule has 0 saturated heterocycles. The molecule has 55 heavy (non-hydrogen) atoms. The zero-order chi connectivity index (χ0) is 39.3. The predicted octanol–water partition coefficient (Wildman–Crippen LogP) is 10.5. The van der Waals surface area contributed by atoms with E-state index in [1.165, 1.54) is 5.56 Å². The summed E-state index contributed by atoms with van der Waals surface area (Å²) >= 11 is 0. The van der Waals surface area contributed by atoms with Gasteiger partial charge in [0.1, 0.15) is 5.75 Å². The molecule has 3 aliphatic carbocycles. The highest BCUT2D eigenvalue weighted by atomic mass is 32.2. The van der Waals surface area contributed by atoms with Crippen LogP contribution in [0.1, 0.15) is 86.5 Å². The minimum Gasteiger partial charge on any atom is -0.467 e. The van der Waals surface area contributed by atoms with E-state index in [1.807, 2.05) is 72.8 Å². The second-order valence-electron chi connectivity index (χ2n) is 15.4. The summed E-state index contributed by atoms with van der Waals surface area (Å²) in [7, 11) is -5.58. The van der Waals surface area contributed by atoms with Gasteiger partial charge in [-0.2, -0.15) is 22.0 Å². The van der Waals surface area contributed by atoms with E-state index >= 15 is 0 Å². The molecule has 0 heterocycles. The lowest BCUT2D eigenvalue weighted by atomic mass is 9.52. The number of hydrogen-bond donors (Lipinski definition) is 1. The van der Waals surface area contributed by atoms with Gasteiger partial charge in [-0.15, -0.1) is 0 Å². The van der Waals surface area contributed by atoms with Crippen molar-refractivity contribution in [3.8, 4) is 5.75 Å². The molecule has 6 rings (SSSR count). The van der Waals surface area contributed by atoms with Crippen molar-refractivity contribution in [3.63, 3.8) is 0 Å². The van der Waals surface area contributed by atoms with Gasteiger partial charge in [0.2, 0.25) is 0 Å². The van der Waals surface area contributed by atoms with Crippen molar-refractivity contribution >= 4 is 18.6 Å². The summed E-state index contributed by atoms with van der Waals surface area (Å²) in [5, 5.41) is 11.0. The van der Waals surface area contributed by atoms with E-state index in [1.54, 1.807) is 0 Å². The minimum atomic E-state index is -5.61. The van der Waals surface area contributed by atoms with Crippen LogP contribution in [0.5, 0.6) is 5.75 Å². The fourth-order valence-corrected chi connectivity index (χ4v) is 11.2. The number of alkyl halides is 5. The zero-order valence-corrected chi connectivity index (χ0v) is 32.6. The van der Waals surface area contributed by atoms with Gasteiger partial charge < -0.3 is 9.84 Å². The first-order valence-electron chi connectivity index (χ1n) is 19.0. The summed E-state index contributed by atoms with van der Waals surface area (Å²) in [6, 6.07) is 24.4. The van der Waals surface area contributed by atoms with E-state index in [-0.39, 0.29) is 54.0 Å². The van der Waals surface area contributed by atoms with Crippen molar-refractivity contribution in [1.82, 2.24) is 0 Å². The van der Waals surface area contributed by atoms with E-state index < -0.39 is 50.4 Å². The predicted molar refractivity (Wildman–Crippen MR) is 200 cm³/mol. The molecule has 3 aromatic carbocycles. The summed E-state index contributed by atoms with van der Waals surface area (Å²) < 4.78 is 114. The van der Waals surface area contributed by atoms with Crippen molar-refractivity contribution in [3.05, 3.63) is 101 Å². The normalized spacial score (nSPS) is 25.8. The van der Waals surface area contributed by atoms with Crippen LogP contribution < -0.4 is 4.74 Å². The molecule has 0 aromatic heterocycles. The fraction of sp³-hybridized carbons (Fsp3) is 0.561. The molecular formula is C41H50F5O7PS. The van der Waals surface area contributed by atoms with Crippen LogP contribution in [-0.2, 0) is 48.6 Å². The molecule has 302 valence electrons. The largest absolute Gasteiger partial charge is 0.478 e. The van der Waals surface area contributed by atoms with Crippen LogP contribution in [0.25, 0.3) is 0 Å². The van der Waals surface area contributed by atoms with Gasteiger partial charge in [0.05, 0.1) is 19.3 Å². The molecule has 0 spiro atoms. The molecule has 3 aromatic rings. The van der Waals surface area contributed by atoms with Crippen LogP contribution in [0.4, 0.5) is 22.0 Å². The third-order valence-corrected chi connectivity index (χ3v) is 14.7. The maximum atomic E-state index is 13.7. The Balaban J connectivity index is 1.11. The second-order valence-corrected chi connectivity index (χ2v) is 18.8. The van der Waals surface area contributed by atoms with E-state index in [0.717, 1.165) is 42.4 Å². The molecule has 7 nitrogen and oxygen atoms in total. The summed E-state index contributed by atoms with van der Waals surface area (Å²) in [5.74, 6) is -3.24. The molecule has 14 heteroatoms. The Kier molecular flexibility index (Phi) is 13.6. The van der Waals surface area contributed by atoms with Gasteiger partial charge in [-0.3, -0.25) is 13.3 Å². The quantitative estimate of drug-likeness (QED) is 0.0777.